The lowest BCUT2D eigenvalue weighted by atomic mass is 9.73. The van der Waals surface area contributed by atoms with E-state index < -0.39 is 5.41 Å². The van der Waals surface area contributed by atoms with Gasteiger partial charge in [-0.05, 0) is 66.6 Å². The van der Waals surface area contributed by atoms with E-state index in [4.69, 9.17) is 0 Å². The molecule has 1 saturated heterocycles. The van der Waals surface area contributed by atoms with Crippen LogP contribution in [0.25, 0.3) is 11.1 Å². The molecule has 1 aliphatic rings. The van der Waals surface area contributed by atoms with Gasteiger partial charge in [0.15, 0.2) is 0 Å². The zero-order chi connectivity index (χ0) is 23.1. The van der Waals surface area contributed by atoms with Crippen LogP contribution in [0.5, 0.6) is 0 Å². The van der Waals surface area contributed by atoms with E-state index in [1.807, 2.05) is 48.2 Å². The largest absolute Gasteiger partial charge is 0.356 e. The van der Waals surface area contributed by atoms with Gasteiger partial charge in [-0.2, -0.15) is 0 Å². The second-order valence-electron chi connectivity index (χ2n) is 8.67. The highest BCUT2D eigenvalue weighted by Gasteiger charge is 2.43. The highest BCUT2D eigenvalue weighted by molar-refractivity contribution is 5.86. The summed E-state index contributed by atoms with van der Waals surface area (Å²) < 4.78 is 0. The lowest BCUT2D eigenvalue weighted by molar-refractivity contribution is -0.141. The van der Waals surface area contributed by atoms with Crippen LogP contribution < -0.4 is 5.32 Å². The normalized spacial score (nSPS) is 18.0. The first-order valence-electron chi connectivity index (χ1n) is 11.5. The quantitative estimate of drug-likeness (QED) is 0.606. The van der Waals surface area contributed by atoms with Gasteiger partial charge in [0.2, 0.25) is 11.8 Å². The molecule has 0 spiro atoms. The van der Waals surface area contributed by atoms with Crippen LogP contribution in [-0.2, 0) is 22.4 Å². The van der Waals surface area contributed by atoms with Gasteiger partial charge in [-0.25, -0.2) is 0 Å². The number of pyridine rings is 2. The standard InChI is InChI=1S/C27H30N4O2/c1-2-30-26(33)27(18-23-8-3-4-9-24(23)22-10-14-28-15-11-22)12-6-16-31(20-27)25(32)17-21-7-5-13-29-19-21/h3-5,7-11,13-15,19H,2,6,12,16-18,20H2,1H3,(H,30,33)/t27-/m1/s1. The molecule has 2 aromatic heterocycles. The van der Waals surface area contributed by atoms with E-state index in [-0.39, 0.29) is 11.8 Å². The average Bonchev–Trinajstić information content (AvgIpc) is 2.86. The van der Waals surface area contributed by atoms with Gasteiger partial charge in [0, 0.05) is 44.4 Å². The van der Waals surface area contributed by atoms with Gasteiger partial charge in [-0.3, -0.25) is 19.6 Å². The highest BCUT2D eigenvalue weighted by Crippen LogP contribution is 2.37. The van der Waals surface area contributed by atoms with Crippen molar-refractivity contribution in [2.24, 2.45) is 5.41 Å². The molecule has 33 heavy (non-hydrogen) atoms. The van der Waals surface area contributed by atoms with Crippen LogP contribution in [0.3, 0.4) is 0 Å². The van der Waals surface area contributed by atoms with Gasteiger partial charge in [0.1, 0.15) is 0 Å². The van der Waals surface area contributed by atoms with Crippen molar-refractivity contribution in [3.05, 3.63) is 84.4 Å². The minimum absolute atomic E-state index is 0.0217. The molecule has 1 atom stereocenters. The van der Waals surface area contributed by atoms with E-state index in [1.54, 1.807) is 24.8 Å². The van der Waals surface area contributed by atoms with Crippen molar-refractivity contribution in [1.29, 1.82) is 0 Å². The zero-order valence-corrected chi connectivity index (χ0v) is 19.0. The van der Waals surface area contributed by atoms with Crippen LogP contribution in [-0.4, -0.2) is 46.3 Å². The second kappa shape index (κ2) is 10.4. The van der Waals surface area contributed by atoms with Gasteiger partial charge in [0.25, 0.3) is 0 Å². The monoisotopic (exact) mass is 442 g/mol. The minimum Gasteiger partial charge on any atom is -0.356 e. The van der Waals surface area contributed by atoms with Crippen LogP contribution in [0.2, 0.25) is 0 Å². The van der Waals surface area contributed by atoms with E-state index >= 15 is 0 Å². The summed E-state index contributed by atoms with van der Waals surface area (Å²) >= 11 is 0. The first-order chi connectivity index (χ1) is 16.1. The summed E-state index contributed by atoms with van der Waals surface area (Å²) in [7, 11) is 0. The summed E-state index contributed by atoms with van der Waals surface area (Å²) in [6, 6.07) is 15.9. The summed E-state index contributed by atoms with van der Waals surface area (Å²) in [5.41, 5.74) is 3.51. The van der Waals surface area contributed by atoms with Crippen LogP contribution in [0, 0.1) is 5.41 Å². The molecule has 0 bridgehead atoms. The Balaban J connectivity index is 1.62. The fraction of sp³-hybridized carbons (Fsp3) is 0.333. The van der Waals surface area contributed by atoms with Gasteiger partial charge in [0.05, 0.1) is 11.8 Å². The Kier molecular flexibility index (Phi) is 7.13. The second-order valence-corrected chi connectivity index (χ2v) is 8.67. The smallest absolute Gasteiger partial charge is 0.228 e. The van der Waals surface area contributed by atoms with E-state index in [0.717, 1.165) is 35.1 Å². The Labute approximate surface area is 195 Å². The number of likely N-dealkylation sites (tertiary alicyclic amines) is 1. The zero-order valence-electron chi connectivity index (χ0n) is 19.0. The molecular weight excluding hydrogens is 412 g/mol. The number of aromatic nitrogens is 2. The van der Waals surface area contributed by atoms with Crippen molar-refractivity contribution < 1.29 is 9.59 Å². The predicted molar refractivity (Wildman–Crippen MR) is 128 cm³/mol. The number of carbonyl (C=O) groups excluding carboxylic acids is 2. The third-order valence-corrected chi connectivity index (χ3v) is 6.36. The molecule has 1 fully saturated rings. The van der Waals surface area contributed by atoms with Crippen molar-refractivity contribution in [2.75, 3.05) is 19.6 Å². The molecule has 0 saturated carbocycles. The average molecular weight is 443 g/mol. The number of hydrogen-bond donors (Lipinski definition) is 1. The van der Waals surface area contributed by atoms with Crippen LogP contribution >= 0.6 is 0 Å². The number of carbonyl (C=O) groups is 2. The molecule has 0 aliphatic carbocycles. The van der Waals surface area contributed by atoms with Crippen LogP contribution in [0.1, 0.15) is 30.9 Å². The molecule has 170 valence electrons. The van der Waals surface area contributed by atoms with Crippen molar-refractivity contribution in [3.8, 4) is 11.1 Å². The van der Waals surface area contributed by atoms with Gasteiger partial charge in [-0.15, -0.1) is 0 Å². The maximum absolute atomic E-state index is 13.4. The van der Waals surface area contributed by atoms with Gasteiger partial charge in [-0.1, -0.05) is 30.3 Å². The number of rotatable bonds is 7. The molecule has 1 aromatic carbocycles. The third kappa shape index (κ3) is 5.28. The SMILES string of the molecule is CCNC(=O)[C@@]1(Cc2ccccc2-c2ccncc2)CCCN(C(=O)Cc2cccnc2)C1. The van der Waals surface area contributed by atoms with E-state index in [0.29, 0.717) is 32.5 Å². The Hall–Kier alpha value is -3.54. The summed E-state index contributed by atoms with van der Waals surface area (Å²) in [6.07, 6.45) is 9.42. The molecular formula is C27H30N4O2. The Morgan fingerprint density at radius 3 is 2.61 bits per heavy atom. The molecule has 0 radical (unpaired) electrons. The summed E-state index contributed by atoms with van der Waals surface area (Å²) in [4.78, 5) is 36.7. The van der Waals surface area contributed by atoms with E-state index in [1.165, 1.54) is 0 Å². The fourth-order valence-corrected chi connectivity index (χ4v) is 4.74. The molecule has 4 rings (SSSR count). The number of nitrogens with one attached hydrogen (secondary N) is 1. The number of piperidine rings is 1. The topological polar surface area (TPSA) is 75.2 Å². The summed E-state index contributed by atoms with van der Waals surface area (Å²) in [5.74, 6) is 0.0622. The van der Waals surface area contributed by atoms with Crippen molar-refractivity contribution in [3.63, 3.8) is 0 Å². The van der Waals surface area contributed by atoms with E-state index in [9.17, 15) is 9.59 Å². The minimum atomic E-state index is -0.665. The number of nitrogens with zero attached hydrogens (tertiary/aromatic N) is 3. The van der Waals surface area contributed by atoms with Gasteiger partial charge >= 0.3 is 0 Å². The third-order valence-electron chi connectivity index (χ3n) is 6.36. The fourth-order valence-electron chi connectivity index (χ4n) is 4.74. The van der Waals surface area contributed by atoms with Crippen molar-refractivity contribution in [2.45, 2.75) is 32.6 Å². The molecule has 6 nitrogen and oxygen atoms in total. The van der Waals surface area contributed by atoms with Crippen LogP contribution in [0.4, 0.5) is 0 Å². The lowest BCUT2D eigenvalue weighted by Gasteiger charge is -2.42. The Morgan fingerprint density at radius 2 is 1.85 bits per heavy atom. The van der Waals surface area contributed by atoms with Crippen LogP contribution in [0.15, 0.2) is 73.3 Å². The van der Waals surface area contributed by atoms with Crippen molar-refractivity contribution >= 4 is 11.8 Å². The lowest BCUT2D eigenvalue weighted by Crippen LogP contribution is -2.54. The molecule has 3 heterocycles. The molecule has 3 aromatic rings. The Bertz CT molecular complexity index is 1090. The van der Waals surface area contributed by atoms with Gasteiger partial charge < -0.3 is 10.2 Å². The molecule has 6 heteroatoms. The summed E-state index contributed by atoms with van der Waals surface area (Å²) in [5, 5.41) is 3.05. The summed E-state index contributed by atoms with van der Waals surface area (Å²) in [6.45, 7) is 3.59. The van der Waals surface area contributed by atoms with Crippen molar-refractivity contribution in [1.82, 2.24) is 20.2 Å². The molecule has 1 aliphatic heterocycles. The highest BCUT2D eigenvalue weighted by atomic mass is 16.2. The number of amides is 2. The molecule has 1 N–H and O–H groups in total. The molecule has 0 unspecified atom stereocenters. The molecule has 2 amide bonds. The first kappa shape index (κ1) is 22.6. The number of benzene rings is 1. The Morgan fingerprint density at radius 1 is 1.03 bits per heavy atom. The predicted octanol–water partition coefficient (Wildman–Crippen LogP) is 3.67. The number of hydrogen-bond acceptors (Lipinski definition) is 4. The van der Waals surface area contributed by atoms with E-state index in [2.05, 4.69) is 27.4 Å². The first-order valence-corrected chi connectivity index (χ1v) is 11.5. The maximum Gasteiger partial charge on any atom is 0.228 e. The maximum atomic E-state index is 13.4.